The van der Waals surface area contributed by atoms with Crippen molar-refractivity contribution in [2.24, 2.45) is 0 Å². The lowest BCUT2D eigenvalue weighted by Crippen LogP contribution is -2.19. The first-order chi connectivity index (χ1) is 11.6. The van der Waals surface area contributed by atoms with Crippen LogP contribution in [0.15, 0.2) is 42.5 Å². The molecule has 0 bridgehead atoms. The van der Waals surface area contributed by atoms with Crippen LogP contribution in [0.3, 0.4) is 0 Å². The van der Waals surface area contributed by atoms with Gasteiger partial charge in [0.2, 0.25) is 0 Å². The Balaban J connectivity index is 1.72. The molecule has 0 aromatic heterocycles. The van der Waals surface area contributed by atoms with E-state index in [1.807, 2.05) is 31.2 Å². The monoisotopic (exact) mass is 345 g/mol. The van der Waals surface area contributed by atoms with E-state index in [2.05, 4.69) is 5.32 Å². The van der Waals surface area contributed by atoms with Gasteiger partial charge in [0, 0.05) is 6.61 Å². The van der Waals surface area contributed by atoms with Gasteiger partial charge in [0.05, 0.1) is 22.4 Å². The first-order valence-corrected chi connectivity index (χ1v) is 8.42. The first-order valence-electron chi connectivity index (χ1n) is 8.04. The lowest BCUT2D eigenvalue weighted by Gasteiger charge is -2.15. The molecule has 1 aliphatic rings. The number of benzene rings is 2. The largest absolute Gasteiger partial charge is 0.490 e. The fourth-order valence-electron chi connectivity index (χ4n) is 2.65. The summed E-state index contributed by atoms with van der Waals surface area (Å²) in [6.45, 7) is 3.18. The van der Waals surface area contributed by atoms with Crippen LogP contribution in [0.25, 0.3) is 0 Å². The summed E-state index contributed by atoms with van der Waals surface area (Å²) < 4.78 is 11.4. The third-order valence-electron chi connectivity index (χ3n) is 3.95. The van der Waals surface area contributed by atoms with E-state index in [-0.39, 0.29) is 12.0 Å². The van der Waals surface area contributed by atoms with E-state index in [4.69, 9.17) is 21.1 Å². The highest BCUT2D eigenvalue weighted by Gasteiger charge is 2.18. The van der Waals surface area contributed by atoms with Crippen molar-refractivity contribution in [3.63, 3.8) is 0 Å². The molecular formula is C19H20ClNO3. The van der Waals surface area contributed by atoms with Crippen LogP contribution >= 0.6 is 11.6 Å². The number of aryl methyl sites for hydroxylation is 1. The van der Waals surface area contributed by atoms with E-state index in [0.29, 0.717) is 28.6 Å². The topological polar surface area (TPSA) is 47.6 Å². The van der Waals surface area contributed by atoms with Gasteiger partial charge in [0.25, 0.3) is 5.91 Å². The van der Waals surface area contributed by atoms with E-state index < -0.39 is 0 Å². The van der Waals surface area contributed by atoms with Gasteiger partial charge in [-0.3, -0.25) is 4.79 Å². The van der Waals surface area contributed by atoms with Gasteiger partial charge in [-0.05, 0) is 49.6 Å². The quantitative estimate of drug-likeness (QED) is 0.870. The molecule has 1 aliphatic heterocycles. The number of carbonyl (C=O) groups excluding carboxylic acids is 1. The molecule has 24 heavy (non-hydrogen) atoms. The summed E-state index contributed by atoms with van der Waals surface area (Å²) in [6, 6.07) is 12.7. The van der Waals surface area contributed by atoms with Gasteiger partial charge >= 0.3 is 0 Å². The molecule has 1 saturated heterocycles. The van der Waals surface area contributed by atoms with Crippen LogP contribution in [0.4, 0.5) is 5.69 Å². The molecule has 1 atom stereocenters. The van der Waals surface area contributed by atoms with Crippen molar-refractivity contribution in [1.82, 2.24) is 0 Å². The molecule has 0 spiro atoms. The number of amides is 1. The Bertz CT molecular complexity index is 726. The Labute approximate surface area is 146 Å². The lowest BCUT2D eigenvalue weighted by molar-refractivity contribution is 0.0673. The predicted octanol–water partition coefficient (Wildman–Crippen LogP) is 4.46. The lowest BCUT2D eigenvalue weighted by atomic mass is 10.1. The summed E-state index contributed by atoms with van der Waals surface area (Å²) in [6.07, 6.45) is 2.16. The minimum Gasteiger partial charge on any atom is -0.490 e. The van der Waals surface area contributed by atoms with Crippen molar-refractivity contribution in [3.8, 4) is 5.75 Å². The van der Waals surface area contributed by atoms with Crippen molar-refractivity contribution in [2.75, 3.05) is 18.5 Å². The molecule has 0 radical (unpaired) electrons. The van der Waals surface area contributed by atoms with E-state index in [1.54, 1.807) is 18.2 Å². The molecule has 126 valence electrons. The summed E-state index contributed by atoms with van der Waals surface area (Å²) in [5.74, 6) is 0.303. The molecule has 1 N–H and O–H groups in total. The second kappa shape index (κ2) is 7.69. The maximum atomic E-state index is 12.6. The van der Waals surface area contributed by atoms with Gasteiger partial charge in [-0.1, -0.05) is 29.8 Å². The highest BCUT2D eigenvalue weighted by molar-refractivity contribution is 6.34. The van der Waals surface area contributed by atoms with Crippen LogP contribution in [-0.4, -0.2) is 25.2 Å². The Morgan fingerprint density at radius 1 is 1.33 bits per heavy atom. The number of para-hydroxylation sites is 1. The molecular weight excluding hydrogens is 326 g/mol. The van der Waals surface area contributed by atoms with Crippen LogP contribution in [-0.2, 0) is 4.74 Å². The molecule has 4 nitrogen and oxygen atoms in total. The Hall–Kier alpha value is -2.04. The highest BCUT2D eigenvalue weighted by Crippen LogP contribution is 2.26. The number of rotatable bonds is 5. The summed E-state index contributed by atoms with van der Waals surface area (Å²) >= 11 is 6.19. The van der Waals surface area contributed by atoms with E-state index >= 15 is 0 Å². The summed E-state index contributed by atoms with van der Waals surface area (Å²) in [5, 5.41) is 3.35. The van der Waals surface area contributed by atoms with E-state index in [9.17, 15) is 4.79 Å². The molecule has 5 heteroatoms. The Morgan fingerprint density at radius 2 is 2.17 bits per heavy atom. The number of ether oxygens (including phenoxy) is 2. The normalized spacial score (nSPS) is 16.8. The van der Waals surface area contributed by atoms with Gasteiger partial charge in [-0.2, -0.15) is 0 Å². The van der Waals surface area contributed by atoms with Crippen LogP contribution in [0.5, 0.6) is 5.75 Å². The van der Waals surface area contributed by atoms with Gasteiger partial charge < -0.3 is 14.8 Å². The second-order valence-electron chi connectivity index (χ2n) is 5.88. The number of hydrogen-bond acceptors (Lipinski definition) is 3. The molecule has 1 heterocycles. The average Bonchev–Trinajstić information content (AvgIpc) is 3.09. The van der Waals surface area contributed by atoms with Crippen molar-refractivity contribution in [3.05, 3.63) is 58.6 Å². The molecule has 0 saturated carbocycles. The van der Waals surface area contributed by atoms with Crippen LogP contribution in [0.2, 0.25) is 5.02 Å². The van der Waals surface area contributed by atoms with Crippen molar-refractivity contribution < 1.29 is 14.3 Å². The molecule has 0 unspecified atom stereocenters. The van der Waals surface area contributed by atoms with E-state index in [0.717, 1.165) is 25.0 Å². The van der Waals surface area contributed by atoms with Crippen LogP contribution in [0.1, 0.15) is 28.8 Å². The second-order valence-corrected chi connectivity index (χ2v) is 6.29. The Morgan fingerprint density at radius 3 is 2.92 bits per heavy atom. The van der Waals surface area contributed by atoms with Crippen molar-refractivity contribution >= 4 is 23.2 Å². The van der Waals surface area contributed by atoms with Gasteiger partial charge in [0.1, 0.15) is 12.4 Å². The van der Waals surface area contributed by atoms with E-state index in [1.165, 1.54) is 0 Å². The zero-order chi connectivity index (χ0) is 16.9. The SMILES string of the molecule is Cc1ccc(NC(=O)c2ccccc2OC[C@@H]2CCCO2)c(Cl)c1. The average molecular weight is 346 g/mol. The van der Waals surface area contributed by atoms with Crippen LogP contribution < -0.4 is 10.1 Å². The molecule has 1 amide bonds. The highest BCUT2D eigenvalue weighted by atomic mass is 35.5. The Kier molecular flexibility index (Phi) is 5.38. The molecule has 2 aromatic rings. The fourth-order valence-corrected chi connectivity index (χ4v) is 2.93. The van der Waals surface area contributed by atoms with Crippen LogP contribution in [0, 0.1) is 6.92 Å². The third kappa shape index (κ3) is 4.08. The smallest absolute Gasteiger partial charge is 0.259 e. The molecule has 1 fully saturated rings. The summed E-state index contributed by atoms with van der Waals surface area (Å²) in [7, 11) is 0. The first kappa shape index (κ1) is 16.8. The standard InChI is InChI=1S/C19H20ClNO3/c1-13-8-9-17(16(20)11-13)21-19(22)15-6-2-3-7-18(15)24-12-14-5-4-10-23-14/h2-3,6-9,11,14H,4-5,10,12H2,1H3,(H,21,22)/t14-/m0/s1. The third-order valence-corrected chi connectivity index (χ3v) is 4.27. The molecule has 3 rings (SSSR count). The number of nitrogens with one attached hydrogen (secondary N) is 1. The fraction of sp³-hybridized carbons (Fsp3) is 0.316. The minimum atomic E-state index is -0.247. The maximum Gasteiger partial charge on any atom is 0.259 e. The molecule has 0 aliphatic carbocycles. The number of anilines is 1. The predicted molar refractivity (Wildman–Crippen MR) is 95.1 cm³/mol. The maximum absolute atomic E-state index is 12.6. The number of halogens is 1. The van der Waals surface area contributed by atoms with Crippen molar-refractivity contribution in [2.45, 2.75) is 25.9 Å². The zero-order valence-corrected chi connectivity index (χ0v) is 14.3. The van der Waals surface area contributed by atoms with Gasteiger partial charge in [0.15, 0.2) is 0 Å². The number of carbonyl (C=O) groups is 1. The summed E-state index contributed by atoms with van der Waals surface area (Å²) in [4.78, 5) is 12.6. The van der Waals surface area contributed by atoms with Gasteiger partial charge in [-0.25, -0.2) is 0 Å². The van der Waals surface area contributed by atoms with Gasteiger partial charge in [-0.15, -0.1) is 0 Å². The minimum absolute atomic E-state index is 0.104. The molecule has 2 aromatic carbocycles. The zero-order valence-electron chi connectivity index (χ0n) is 13.5. The van der Waals surface area contributed by atoms with Crippen molar-refractivity contribution in [1.29, 1.82) is 0 Å². The number of hydrogen-bond donors (Lipinski definition) is 1. The summed E-state index contributed by atoms with van der Waals surface area (Å²) in [5.41, 5.74) is 2.10.